The van der Waals surface area contributed by atoms with E-state index in [4.69, 9.17) is 17.3 Å². The number of nitrogens with two attached hydrogens (primary N) is 1. The fraction of sp³-hybridized carbons (Fsp3) is 0.143. The second kappa shape index (κ2) is 5.54. The van der Waals surface area contributed by atoms with Crippen molar-refractivity contribution in [2.75, 3.05) is 17.1 Å². The maximum absolute atomic E-state index is 14.1. The van der Waals surface area contributed by atoms with Crippen LogP contribution in [0, 0.1) is 12.7 Å². The van der Waals surface area contributed by atoms with Crippen molar-refractivity contribution in [3.63, 3.8) is 0 Å². The van der Waals surface area contributed by atoms with E-state index in [0.717, 1.165) is 15.9 Å². The zero-order valence-electron chi connectivity index (χ0n) is 11.5. The fourth-order valence-electron chi connectivity index (χ4n) is 1.97. The molecule has 0 aliphatic carbocycles. The lowest BCUT2D eigenvalue weighted by atomic mass is 10.2. The van der Waals surface area contributed by atoms with Crippen LogP contribution in [-0.2, 0) is 10.0 Å². The van der Waals surface area contributed by atoms with Gasteiger partial charge in [-0.2, -0.15) is 0 Å². The molecular weight excluding hydrogens is 315 g/mol. The SMILES string of the molecule is Cc1ccccc1N(C)S(=O)(=O)c1cc(N)cc(Cl)c1F. The van der Waals surface area contributed by atoms with E-state index in [1.807, 2.05) is 0 Å². The average Bonchev–Trinajstić information content (AvgIpc) is 2.42. The summed E-state index contributed by atoms with van der Waals surface area (Å²) in [5.74, 6) is -1.01. The molecule has 0 amide bonds. The molecule has 112 valence electrons. The Morgan fingerprint density at radius 2 is 1.86 bits per heavy atom. The summed E-state index contributed by atoms with van der Waals surface area (Å²) in [6.45, 7) is 1.77. The van der Waals surface area contributed by atoms with E-state index in [-0.39, 0.29) is 10.7 Å². The Morgan fingerprint density at radius 1 is 1.24 bits per heavy atom. The standard InChI is InChI=1S/C14H14ClFN2O2S/c1-9-5-3-4-6-12(9)18(2)21(19,20)13-8-10(17)7-11(15)14(13)16/h3-8H,17H2,1-2H3. The Bertz CT molecular complexity index is 794. The molecule has 0 bridgehead atoms. The van der Waals surface area contributed by atoms with Crippen LogP contribution in [-0.4, -0.2) is 15.5 Å². The summed E-state index contributed by atoms with van der Waals surface area (Å²) in [4.78, 5) is -0.543. The summed E-state index contributed by atoms with van der Waals surface area (Å²) < 4.78 is 40.2. The Kier molecular flexibility index (Phi) is 4.11. The molecular formula is C14H14ClFN2O2S. The van der Waals surface area contributed by atoms with Crippen molar-refractivity contribution in [2.45, 2.75) is 11.8 Å². The lowest BCUT2D eigenvalue weighted by Gasteiger charge is -2.22. The monoisotopic (exact) mass is 328 g/mol. The van der Waals surface area contributed by atoms with Gasteiger partial charge >= 0.3 is 0 Å². The number of hydrogen-bond acceptors (Lipinski definition) is 3. The molecule has 0 saturated carbocycles. The normalized spacial score (nSPS) is 11.4. The number of nitrogens with zero attached hydrogens (tertiary/aromatic N) is 1. The summed E-state index contributed by atoms with van der Waals surface area (Å²) in [5, 5.41) is -0.327. The minimum atomic E-state index is -4.10. The van der Waals surface area contributed by atoms with E-state index in [1.165, 1.54) is 13.1 Å². The molecule has 0 saturated heterocycles. The van der Waals surface area contributed by atoms with Gasteiger partial charge in [-0.05, 0) is 30.7 Å². The van der Waals surface area contributed by atoms with Crippen molar-refractivity contribution in [1.82, 2.24) is 0 Å². The molecule has 4 nitrogen and oxygen atoms in total. The lowest BCUT2D eigenvalue weighted by Crippen LogP contribution is -2.28. The van der Waals surface area contributed by atoms with Crippen molar-refractivity contribution in [2.24, 2.45) is 0 Å². The first-order chi connectivity index (χ1) is 9.75. The molecule has 0 fully saturated rings. The van der Waals surface area contributed by atoms with Gasteiger partial charge in [0.25, 0.3) is 10.0 Å². The number of halogens is 2. The molecule has 0 aliphatic rings. The molecule has 2 aromatic carbocycles. The fourth-order valence-corrected chi connectivity index (χ4v) is 3.63. The predicted molar refractivity (Wildman–Crippen MR) is 82.6 cm³/mol. The van der Waals surface area contributed by atoms with Gasteiger partial charge in [0.1, 0.15) is 4.90 Å². The molecule has 0 atom stereocenters. The summed E-state index contributed by atoms with van der Waals surface area (Å²) in [5.41, 5.74) is 6.84. The number of aryl methyl sites for hydroxylation is 1. The van der Waals surface area contributed by atoms with Crippen LogP contribution in [0.2, 0.25) is 5.02 Å². The molecule has 0 aliphatic heterocycles. The van der Waals surface area contributed by atoms with Crippen molar-refractivity contribution in [3.05, 3.63) is 52.8 Å². The first kappa shape index (κ1) is 15.6. The van der Waals surface area contributed by atoms with E-state index in [2.05, 4.69) is 0 Å². The molecule has 0 spiro atoms. The molecule has 2 N–H and O–H groups in total. The highest BCUT2D eigenvalue weighted by Crippen LogP contribution is 2.30. The van der Waals surface area contributed by atoms with Crippen LogP contribution in [0.1, 0.15) is 5.56 Å². The first-order valence-corrected chi connectivity index (χ1v) is 7.86. The summed E-state index contributed by atoms with van der Waals surface area (Å²) >= 11 is 5.67. The van der Waals surface area contributed by atoms with E-state index < -0.39 is 20.7 Å². The van der Waals surface area contributed by atoms with Crippen molar-refractivity contribution in [3.8, 4) is 0 Å². The maximum atomic E-state index is 14.1. The minimum absolute atomic E-state index is 0.0816. The third-order valence-electron chi connectivity index (χ3n) is 3.11. The van der Waals surface area contributed by atoms with Gasteiger partial charge in [-0.1, -0.05) is 29.8 Å². The van der Waals surface area contributed by atoms with Gasteiger partial charge in [0.2, 0.25) is 0 Å². The zero-order chi connectivity index (χ0) is 15.8. The molecule has 2 aromatic rings. The van der Waals surface area contributed by atoms with Gasteiger partial charge < -0.3 is 5.73 Å². The van der Waals surface area contributed by atoms with Crippen LogP contribution in [0.5, 0.6) is 0 Å². The highest BCUT2D eigenvalue weighted by Gasteiger charge is 2.27. The molecule has 21 heavy (non-hydrogen) atoms. The summed E-state index contributed by atoms with van der Waals surface area (Å²) in [6, 6.07) is 9.13. The molecule has 0 aromatic heterocycles. The van der Waals surface area contributed by atoms with Gasteiger partial charge in [0, 0.05) is 12.7 Å². The number of hydrogen-bond donors (Lipinski definition) is 1. The minimum Gasteiger partial charge on any atom is -0.399 e. The van der Waals surface area contributed by atoms with Crippen LogP contribution in [0.15, 0.2) is 41.3 Å². The molecule has 2 rings (SSSR count). The van der Waals surface area contributed by atoms with Gasteiger partial charge in [-0.15, -0.1) is 0 Å². The second-order valence-corrected chi connectivity index (χ2v) is 6.92. The van der Waals surface area contributed by atoms with Crippen molar-refractivity contribution in [1.29, 1.82) is 0 Å². The van der Waals surface area contributed by atoms with E-state index in [0.29, 0.717) is 5.69 Å². The molecule has 0 heterocycles. The Labute approximate surface area is 128 Å². The highest BCUT2D eigenvalue weighted by atomic mass is 35.5. The van der Waals surface area contributed by atoms with Crippen molar-refractivity contribution < 1.29 is 12.8 Å². The van der Waals surface area contributed by atoms with E-state index in [9.17, 15) is 12.8 Å². The van der Waals surface area contributed by atoms with Crippen LogP contribution < -0.4 is 10.0 Å². The number of anilines is 2. The van der Waals surface area contributed by atoms with Crippen LogP contribution >= 0.6 is 11.6 Å². The average molecular weight is 329 g/mol. The number of sulfonamides is 1. The number of benzene rings is 2. The maximum Gasteiger partial charge on any atom is 0.267 e. The van der Waals surface area contributed by atoms with Crippen LogP contribution in [0.25, 0.3) is 0 Å². The number of nitrogen functional groups attached to an aromatic ring is 1. The van der Waals surface area contributed by atoms with Gasteiger partial charge in [-0.3, -0.25) is 4.31 Å². The van der Waals surface area contributed by atoms with Crippen LogP contribution in [0.3, 0.4) is 0 Å². The quantitative estimate of drug-likeness (QED) is 0.880. The largest absolute Gasteiger partial charge is 0.399 e. The second-order valence-electron chi connectivity index (χ2n) is 4.57. The smallest absolute Gasteiger partial charge is 0.267 e. The predicted octanol–water partition coefficient (Wildman–Crippen LogP) is 3.19. The third kappa shape index (κ3) is 2.82. The lowest BCUT2D eigenvalue weighted by molar-refractivity contribution is 0.566. The Balaban J connectivity index is 2.60. The van der Waals surface area contributed by atoms with Crippen LogP contribution in [0.4, 0.5) is 15.8 Å². The Morgan fingerprint density at radius 3 is 2.48 bits per heavy atom. The van der Waals surface area contributed by atoms with E-state index >= 15 is 0 Å². The third-order valence-corrected chi connectivity index (χ3v) is 5.16. The first-order valence-electron chi connectivity index (χ1n) is 6.04. The zero-order valence-corrected chi connectivity index (χ0v) is 13.0. The number of rotatable bonds is 3. The molecule has 0 unspecified atom stereocenters. The number of para-hydroxylation sites is 1. The summed E-state index contributed by atoms with van der Waals surface area (Å²) in [7, 11) is -2.74. The molecule has 0 radical (unpaired) electrons. The topological polar surface area (TPSA) is 63.4 Å². The summed E-state index contributed by atoms with van der Waals surface area (Å²) in [6.07, 6.45) is 0. The molecule has 7 heteroatoms. The van der Waals surface area contributed by atoms with Gasteiger partial charge in [0.05, 0.1) is 10.7 Å². The van der Waals surface area contributed by atoms with E-state index in [1.54, 1.807) is 31.2 Å². The van der Waals surface area contributed by atoms with Gasteiger partial charge in [-0.25, -0.2) is 12.8 Å². The highest BCUT2D eigenvalue weighted by molar-refractivity contribution is 7.92. The van der Waals surface area contributed by atoms with Crippen molar-refractivity contribution >= 4 is 33.0 Å². The van der Waals surface area contributed by atoms with Gasteiger partial charge in [0.15, 0.2) is 5.82 Å². The Hall–Kier alpha value is -1.79.